The van der Waals surface area contributed by atoms with E-state index in [0.717, 1.165) is 27.6 Å². The molecule has 0 radical (unpaired) electrons. The second-order valence-corrected chi connectivity index (χ2v) is 5.85. The summed E-state index contributed by atoms with van der Waals surface area (Å²) in [6.45, 7) is 3.73. The molecule has 0 aliphatic rings. The van der Waals surface area contributed by atoms with E-state index in [2.05, 4.69) is 44.6 Å². The van der Waals surface area contributed by atoms with Gasteiger partial charge in [-0.3, -0.25) is 0 Å². The zero-order valence-electron chi connectivity index (χ0n) is 11.5. The molecule has 0 bridgehead atoms. The molecule has 0 saturated heterocycles. The Labute approximate surface area is 127 Å². The van der Waals surface area contributed by atoms with Gasteiger partial charge in [-0.15, -0.1) is 6.42 Å². The van der Waals surface area contributed by atoms with Crippen molar-refractivity contribution in [2.45, 2.75) is 20.1 Å². The predicted octanol–water partition coefficient (Wildman–Crippen LogP) is 3.18. The number of hydrogen-bond acceptors (Lipinski definition) is 2. The number of aliphatic hydroxyl groups excluding tert-OH is 1. The van der Waals surface area contributed by atoms with Crippen LogP contribution in [0, 0.1) is 18.3 Å². The fourth-order valence-corrected chi connectivity index (χ4v) is 2.55. The number of hydrogen-bond donors (Lipinski definition) is 1. The molecular formula is C16H18BrNO2. The van der Waals surface area contributed by atoms with Crippen LogP contribution in [0.5, 0.6) is 0 Å². The molecule has 0 aliphatic heterocycles. The lowest BCUT2D eigenvalue weighted by Crippen LogP contribution is -2.13. The number of fused-ring (bicyclic) bond motifs is 1. The Balaban J connectivity index is 2.38. The van der Waals surface area contributed by atoms with Crippen molar-refractivity contribution in [1.29, 1.82) is 0 Å². The highest BCUT2D eigenvalue weighted by atomic mass is 79.9. The molecule has 0 spiro atoms. The number of rotatable bonds is 6. The third-order valence-electron chi connectivity index (χ3n) is 3.19. The molecule has 2 rings (SSSR count). The first-order chi connectivity index (χ1) is 9.65. The molecular weight excluding hydrogens is 318 g/mol. The van der Waals surface area contributed by atoms with Crippen molar-refractivity contribution in [2.24, 2.45) is 5.92 Å². The Bertz CT molecular complexity index is 627. The summed E-state index contributed by atoms with van der Waals surface area (Å²) in [6.07, 6.45) is 5.21. The van der Waals surface area contributed by atoms with Gasteiger partial charge < -0.3 is 14.4 Å². The highest BCUT2D eigenvalue weighted by molar-refractivity contribution is 9.10. The zero-order chi connectivity index (χ0) is 14.5. The highest BCUT2D eigenvalue weighted by Gasteiger charge is 2.12. The third kappa shape index (κ3) is 3.43. The van der Waals surface area contributed by atoms with Crippen molar-refractivity contribution < 1.29 is 9.84 Å². The molecule has 0 aliphatic carbocycles. The smallest absolute Gasteiger partial charge is 0.107 e. The quantitative estimate of drug-likeness (QED) is 0.649. The molecule has 0 amide bonds. The molecule has 20 heavy (non-hydrogen) atoms. The Kier molecular flexibility index (Phi) is 5.24. The molecule has 106 valence electrons. The summed E-state index contributed by atoms with van der Waals surface area (Å²) in [6, 6.07) is 8.30. The Morgan fingerprint density at radius 2 is 2.25 bits per heavy atom. The van der Waals surface area contributed by atoms with Gasteiger partial charge in [-0.05, 0) is 24.1 Å². The van der Waals surface area contributed by atoms with Crippen molar-refractivity contribution in [3.8, 4) is 12.3 Å². The molecule has 3 nitrogen and oxygen atoms in total. The monoisotopic (exact) mass is 335 g/mol. The van der Waals surface area contributed by atoms with E-state index < -0.39 is 0 Å². The Morgan fingerprint density at radius 1 is 1.45 bits per heavy atom. The van der Waals surface area contributed by atoms with E-state index in [1.807, 2.05) is 13.0 Å². The number of ether oxygens (including phenoxy) is 1. The van der Waals surface area contributed by atoms with Crippen LogP contribution in [0.3, 0.4) is 0 Å². The number of aliphatic hydroxyl groups is 1. The number of terminal acetylenes is 1. The first kappa shape index (κ1) is 15.1. The summed E-state index contributed by atoms with van der Waals surface area (Å²) < 4.78 is 8.68. The second kappa shape index (κ2) is 6.94. The van der Waals surface area contributed by atoms with Crippen LogP contribution in [-0.2, 0) is 17.9 Å². The van der Waals surface area contributed by atoms with E-state index in [9.17, 15) is 5.11 Å². The van der Waals surface area contributed by atoms with E-state index >= 15 is 0 Å². The zero-order valence-corrected chi connectivity index (χ0v) is 13.1. The molecule has 2 aromatic rings. The summed E-state index contributed by atoms with van der Waals surface area (Å²) in [5.74, 6) is 2.66. The van der Waals surface area contributed by atoms with Crippen LogP contribution in [0.15, 0.2) is 28.7 Å². The molecule has 1 N–H and O–H groups in total. The summed E-state index contributed by atoms with van der Waals surface area (Å²) in [5, 5.41) is 10.4. The van der Waals surface area contributed by atoms with Crippen LogP contribution in [0.4, 0.5) is 0 Å². The summed E-state index contributed by atoms with van der Waals surface area (Å²) in [5.41, 5.74) is 2.22. The summed E-state index contributed by atoms with van der Waals surface area (Å²) >= 11 is 3.50. The maximum atomic E-state index is 9.28. The molecule has 1 atom stereocenters. The summed E-state index contributed by atoms with van der Waals surface area (Å²) in [7, 11) is 0. The normalized spacial score (nSPS) is 12.5. The van der Waals surface area contributed by atoms with E-state index in [1.165, 1.54) is 0 Å². The van der Waals surface area contributed by atoms with Crippen LogP contribution < -0.4 is 0 Å². The van der Waals surface area contributed by atoms with Gasteiger partial charge in [0.15, 0.2) is 0 Å². The topological polar surface area (TPSA) is 34.4 Å². The maximum absolute atomic E-state index is 9.28. The van der Waals surface area contributed by atoms with Crippen molar-refractivity contribution >= 4 is 26.8 Å². The maximum Gasteiger partial charge on any atom is 0.107 e. The van der Waals surface area contributed by atoms with Crippen molar-refractivity contribution in [2.75, 3.05) is 13.2 Å². The SMILES string of the molecule is C#CCOCc1cc2ccc(Br)cc2n1C[C@H](C)CO. The first-order valence-corrected chi connectivity index (χ1v) is 7.34. The lowest BCUT2D eigenvalue weighted by Gasteiger charge is -2.14. The highest BCUT2D eigenvalue weighted by Crippen LogP contribution is 2.25. The van der Waals surface area contributed by atoms with Crippen molar-refractivity contribution in [1.82, 2.24) is 4.57 Å². The fourth-order valence-electron chi connectivity index (χ4n) is 2.20. The minimum absolute atomic E-state index is 0.165. The average molecular weight is 336 g/mol. The van der Waals surface area contributed by atoms with E-state index in [4.69, 9.17) is 11.2 Å². The second-order valence-electron chi connectivity index (χ2n) is 4.93. The molecule has 4 heteroatoms. The van der Waals surface area contributed by atoms with Gasteiger partial charge in [0.2, 0.25) is 0 Å². The largest absolute Gasteiger partial charge is 0.396 e. The van der Waals surface area contributed by atoms with E-state index in [1.54, 1.807) is 0 Å². The molecule has 0 unspecified atom stereocenters. The lowest BCUT2D eigenvalue weighted by atomic mass is 10.2. The van der Waals surface area contributed by atoms with Gasteiger partial charge in [-0.25, -0.2) is 0 Å². The van der Waals surface area contributed by atoms with Gasteiger partial charge in [-0.1, -0.05) is 34.8 Å². The van der Waals surface area contributed by atoms with E-state index in [-0.39, 0.29) is 12.5 Å². The van der Waals surface area contributed by atoms with Crippen molar-refractivity contribution in [3.05, 3.63) is 34.4 Å². The van der Waals surface area contributed by atoms with Gasteiger partial charge in [0, 0.05) is 34.2 Å². The van der Waals surface area contributed by atoms with Crippen LogP contribution in [0.2, 0.25) is 0 Å². The molecule has 1 aromatic heterocycles. The van der Waals surface area contributed by atoms with E-state index in [0.29, 0.717) is 13.2 Å². The van der Waals surface area contributed by atoms with Gasteiger partial charge >= 0.3 is 0 Å². The van der Waals surface area contributed by atoms with Gasteiger partial charge in [0.05, 0.1) is 6.61 Å². The van der Waals surface area contributed by atoms with Crippen LogP contribution in [-0.4, -0.2) is 22.9 Å². The number of halogens is 1. The standard InChI is InChI=1S/C16H18BrNO2/c1-3-6-20-11-15-7-13-4-5-14(17)8-16(13)18(15)9-12(2)10-19/h1,4-5,7-8,12,19H,6,9-11H2,2H3/t12-/m0/s1. The Hall–Kier alpha value is -1.28. The molecule has 0 fully saturated rings. The van der Waals surface area contributed by atoms with Crippen LogP contribution >= 0.6 is 15.9 Å². The number of benzene rings is 1. The van der Waals surface area contributed by atoms with Crippen LogP contribution in [0.1, 0.15) is 12.6 Å². The molecule has 1 aromatic carbocycles. The van der Waals surface area contributed by atoms with Crippen molar-refractivity contribution in [3.63, 3.8) is 0 Å². The van der Waals surface area contributed by atoms with Gasteiger partial charge in [0.1, 0.15) is 6.61 Å². The first-order valence-electron chi connectivity index (χ1n) is 6.55. The number of nitrogens with zero attached hydrogens (tertiary/aromatic N) is 1. The van der Waals surface area contributed by atoms with Crippen LogP contribution in [0.25, 0.3) is 10.9 Å². The predicted molar refractivity (Wildman–Crippen MR) is 84.4 cm³/mol. The Morgan fingerprint density at radius 3 is 2.95 bits per heavy atom. The number of aromatic nitrogens is 1. The third-order valence-corrected chi connectivity index (χ3v) is 3.69. The molecule has 1 heterocycles. The summed E-state index contributed by atoms with van der Waals surface area (Å²) in [4.78, 5) is 0. The van der Waals surface area contributed by atoms with Gasteiger partial charge in [0.25, 0.3) is 0 Å². The minimum Gasteiger partial charge on any atom is -0.396 e. The minimum atomic E-state index is 0.165. The average Bonchev–Trinajstić information content (AvgIpc) is 2.77. The molecule has 0 saturated carbocycles. The fraction of sp³-hybridized carbons (Fsp3) is 0.375. The van der Waals surface area contributed by atoms with Gasteiger partial charge in [-0.2, -0.15) is 0 Å². The lowest BCUT2D eigenvalue weighted by molar-refractivity contribution is 0.145.